The van der Waals surface area contributed by atoms with Gasteiger partial charge in [-0.15, -0.1) is 0 Å². The van der Waals surface area contributed by atoms with E-state index in [1.54, 1.807) is 65.9 Å². The third-order valence-electron chi connectivity index (χ3n) is 4.13. The number of nitrogen functional groups attached to an aromatic ring is 1. The number of anilines is 1. The summed E-state index contributed by atoms with van der Waals surface area (Å²) >= 11 is 0. The fourth-order valence-corrected chi connectivity index (χ4v) is 3.02. The molecular formula is C22H31N3O6. The number of benzene rings is 1. The number of esters is 1. The number of fused-ring (bicyclic) bond motifs is 1. The highest BCUT2D eigenvalue weighted by Crippen LogP contribution is 2.29. The van der Waals surface area contributed by atoms with Gasteiger partial charge < -0.3 is 25.3 Å². The van der Waals surface area contributed by atoms with Crippen molar-refractivity contribution in [1.82, 2.24) is 9.88 Å². The zero-order valence-corrected chi connectivity index (χ0v) is 19.1. The first-order chi connectivity index (χ1) is 14.2. The van der Waals surface area contributed by atoms with Gasteiger partial charge in [-0.2, -0.15) is 0 Å². The van der Waals surface area contributed by atoms with Crippen LogP contribution < -0.4 is 11.1 Å². The van der Waals surface area contributed by atoms with Crippen LogP contribution in [0.25, 0.3) is 10.9 Å². The minimum atomic E-state index is -1.04. The Labute approximate surface area is 181 Å². The summed E-state index contributed by atoms with van der Waals surface area (Å²) in [6, 6.07) is 4.10. The van der Waals surface area contributed by atoms with Crippen molar-refractivity contribution in [3.63, 3.8) is 0 Å². The predicted molar refractivity (Wildman–Crippen MR) is 117 cm³/mol. The largest absolute Gasteiger partial charge is 0.467 e. The van der Waals surface area contributed by atoms with E-state index in [-0.39, 0.29) is 6.42 Å². The third kappa shape index (κ3) is 6.37. The lowest BCUT2D eigenvalue weighted by atomic mass is 10.0. The second-order valence-corrected chi connectivity index (χ2v) is 9.17. The van der Waals surface area contributed by atoms with Crippen LogP contribution in [-0.2, 0) is 25.4 Å². The Bertz CT molecular complexity index is 982. The highest BCUT2D eigenvalue weighted by molar-refractivity contribution is 5.99. The van der Waals surface area contributed by atoms with Crippen molar-refractivity contribution in [2.45, 2.75) is 65.2 Å². The summed E-state index contributed by atoms with van der Waals surface area (Å²) in [5.74, 6) is -0.654. The molecule has 0 spiro atoms. The van der Waals surface area contributed by atoms with Crippen molar-refractivity contribution >= 4 is 34.7 Å². The van der Waals surface area contributed by atoms with E-state index in [0.29, 0.717) is 22.2 Å². The highest BCUT2D eigenvalue weighted by atomic mass is 16.6. The molecule has 0 unspecified atom stereocenters. The number of hydrogen-bond donors (Lipinski definition) is 2. The van der Waals surface area contributed by atoms with E-state index in [9.17, 15) is 14.4 Å². The molecule has 0 bridgehead atoms. The van der Waals surface area contributed by atoms with Crippen LogP contribution in [0, 0.1) is 0 Å². The standard InChI is InChI=1S/C22H31N3O6/c1-21(2,3)30-19(27)24-15(18(26)29-7)11-13-12-25(20(28)31-22(4,5)6)16-10-8-9-14(23)17(13)16/h8-10,12,15H,11,23H2,1-7H3,(H,24,27)/t15-/m0/s1. The molecule has 1 atom stereocenters. The molecule has 0 saturated heterocycles. The first-order valence-electron chi connectivity index (χ1n) is 9.91. The van der Waals surface area contributed by atoms with E-state index in [2.05, 4.69) is 5.32 Å². The second kappa shape index (κ2) is 8.87. The monoisotopic (exact) mass is 433 g/mol. The summed E-state index contributed by atoms with van der Waals surface area (Å²) in [7, 11) is 1.23. The summed E-state index contributed by atoms with van der Waals surface area (Å²) in [6.07, 6.45) is 0.254. The van der Waals surface area contributed by atoms with E-state index < -0.39 is 35.4 Å². The van der Waals surface area contributed by atoms with E-state index in [4.69, 9.17) is 19.9 Å². The van der Waals surface area contributed by atoms with Crippen LogP contribution in [0.4, 0.5) is 15.3 Å². The van der Waals surface area contributed by atoms with E-state index in [1.165, 1.54) is 11.7 Å². The quantitative estimate of drug-likeness (QED) is 0.429. The minimum absolute atomic E-state index is 0.0342. The van der Waals surface area contributed by atoms with Crippen LogP contribution in [0.5, 0.6) is 0 Å². The molecule has 0 saturated carbocycles. The number of methoxy groups -OCH3 is 1. The maximum Gasteiger partial charge on any atom is 0.419 e. The van der Waals surface area contributed by atoms with Gasteiger partial charge in [0, 0.05) is 23.7 Å². The van der Waals surface area contributed by atoms with Crippen LogP contribution in [0.2, 0.25) is 0 Å². The van der Waals surface area contributed by atoms with E-state index >= 15 is 0 Å². The molecule has 170 valence electrons. The third-order valence-corrected chi connectivity index (χ3v) is 4.13. The van der Waals surface area contributed by atoms with Gasteiger partial charge in [0.25, 0.3) is 0 Å². The number of hydrogen-bond acceptors (Lipinski definition) is 7. The van der Waals surface area contributed by atoms with Gasteiger partial charge in [-0.05, 0) is 59.2 Å². The first-order valence-corrected chi connectivity index (χ1v) is 9.91. The maximum atomic E-state index is 12.7. The molecule has 31 heavy (non-hydrogen) atoms. The van der Waals surface area contributed by atoms with Crippen LogP contribution in [0.15, 0.2) is 24.4 Å². The first kappa shape index (κ1) is 24.0. The van der Waals surface area contributed by atoms with Crippen LogP contribution in [-0.4, -0.2) is 47.1 Å². The summed E-state index contributed by atoms with van der Waals surface area (Å²) in [5.41, 5.74) is 6.28. The van der Waals surface area contributed by atoms with Crippen molar-refractivity contribution in [1.29, 1.82) is 0 Å². The highest BCUT2D eigenvalue weighted by Gasteiger charge is 2.28. The Kier molecular flexibility index (Phi) is 6.88. The van der Waals surface area contributed by atoms with Crippen molar-refractivity contribution in [2.24, 2.45) is 0 Å². The van der Waals surface area contributed by atoms with Crippen LogP contribution >= 0.6 is 0 Å². The van der Waals surface area contributed by atoms with Gasteiger partial charge in [0.05, 0.1) is 12.6 Å². The molecular weight excluding hydrogens is 402 g/mol. The summed E-state index contributed by atoms with van der Waals surface area (Å²) in [6.45, 7) is 10.5. The molecule has 1 aromatic heterocycles. The Hall–Kier alpha value is -3.23. The summed E-state index contributed by atoms with van der Waals surface area (Å²) in [4.78, 5) is 37.3. The number of carbonyl (C=O) groups is 3. The molecule has 0 aliphatic carbocycles. The molecule has 9 nitrogen and oxygen atoms in total. The Balaban J connectivity index is 2.44. The molecule has 0 fully saturated rings. The lowest BCUT2D eigenvalue weighted by Gasteiger charge is -2.22. The number of nitrogens with zero attached hydrogens (tertiary/aromatic N) is 1. The van der Waals surface area contributed by atoms with Crippen molar-refractivity contribution in [3.8, 4) is 0 Å². The average Bonchev–Trinajstić information content (AvgIpc) is 2.97. The molecule has 1 amide bonds. The predicted octanol–water partition coefficient (Wildman–Crippen LogP) is 3.62. The maximum absolute atomic E-state index is 12.7. The van der Waals surface area contributed by atoms with Crippen LogP contribution in [0.3, 0.4) is 0 Å². The average molecular weight is 434 g/mol. The van der Waals surface area contributed by atoms with Crippen molar-refractivity contribution in [3.05, 3.63) is 30.0 Å². The number of alkyl carbamates (subject to hydrolysis) is 1. The number of aromatic nitrogens is 1. The molecule has 2 aromatic rings. The number of nitrogens with one attached hydrogen (secondary N) is 1. The van der Waals surface area contributed by atoms with Crippen molar-refractivity contribution < 1.29 is 28.6 Å². The SMILES string of the molecule is COC(=O)[C@H](Cc1cn(C(=O)OC(C)(C)C)c2cccc(N)c12)NC(=O)OC(C)(C)C. The molecule has 2 rings (SSSR count). The molecule has 9 heteroatoms. The number of carbonyl (C=O) groups excluding carboxylic acids is 3. The number of nitrogens with two attached hydrogens (primary N) is 1. The van der Waals surface area contributed by atoms with E-state index in [0.717, 1.165) is 0 Å². The van der Waals surface area contributed by atoms with E-state index in [1.807, 2.05) is 0 Å². The van der Waals surface area contributed by atoms with Gasteiger partial charge >= 0.3 is 18.2 Å². The normalized spacial score (nSPS) is 12.9. The zero-order chi connectivity index (χ0) is 23.6. The number of amides is 1. The molecule has 0 aliphatic heterocycles. The lowest BCUT2D eigenvalue weighted by Crippen LogP contribution is -2.45. The Morgan fingerprint density at radius 2 is 1.68 bits per heavy atom. The van der Waals surface area contributed by atoms with Crippen molar-refractivity contribution in [2.75, 3.05) is 12.8 Å². The molecule has 0 aliphatic rings. The van der Waals surface area contributed by atoms with Crippen LogP contribution in [0.1, 0.15) is 47.1 Å². The fourth-order valence-electron chi connectivity index (χ4n) is 3.02. The number of rotatable bonds is 4. The topological polar surface area (TPSA) is 122 Å². The van der Waals surface area contributed by atoms with Gasteiger partial charge in [-0.25, -0.2) is 14.4 Å². The summed E-state index contributed by atoms with van der Waals surface area (Å²) in [5, 5.41) is 3.12. The minimum Gasteiger partial charge on any atom is -0.467 e. The molecule has 1 aromatic carbocycles. The second-order valence-electron chi connectivity index (χ2n) is 9.17. The Morgan fingerprint density at radius 3 is 2.23 bits per heavy atom. The van der Waals surface area contributed by atoms with Gasteiger partial charge in [-0.3, -0.25) is 4.57 Å². The lowest BCUT2D eigenvalue weighted by molar-refractivity contribution is -0.143. The van der Waals surface area contributed by atoms with Gasteiger partial charge in [-0.1, -0.05) is 6.07 Å². The van der Waals surface area contributed by atoms with Gasteiger partial charge in [0.1, 0.15) is 17.2 Å². The Morgan fingerprint density at radius 1 is 1.06 bits per heavy atom. The summed E-state index contributed by atoms with van der Waals surface area (Å²) < 4.78 is 16.9. The van der Waals surface area contributed by atoms with Gasteiger partial charge in [0.15, 0.2) is 0 Å². The smallest absolute Gasteiger partial charge is 0.419 e. The molecule has 0 radical (unpaired) electrons. The fraction of sp³-hybridized carbons (Fsp3) is 0.500. The zero-order valence-electron chi connectivity index (χ0n) is 19.1. The number of ether oxygens (including phenoxy) is 3. The molecule has 1 heterocycles. The molecule has 3 N–H and O–H groups in total. The van der Waals surface area contributed by atoms with Gasteiger partial charge in [0.2, 0.25) is 0 Å².